The molecule has 128 valence electrons. The van der Waals surface area contributed by atoms with Gasteiger partial charge in [0.25, 0.3) is 0 Å². The smallest absolute Gasteiger partial charge is 0.332 e. The van der Waals surface area contributed by atoms with E-state index in [4.69, 9.17) is 20.4 Å². The molecule has 0 aromatic heterocycles. The summed E-state index contributed by atoms with van der Waals surface area (Å²) in [5.41, 5.74) is 0. The fraction of sp³-hybridized carbons (Fsp3) is 0.875. The molecule has 0 amide bonds. The fourth-order valence-corrected chi connectivity index (χ4v) is 3.30. The van der Waals surface area contributed by atoms with Gasteiger partial charge in [-0.05, 0) is 37.5 Å². The Morgan fingerprint density at radius 2 is 0.909 bits per heavy atom. The summed E-state index contributed by atoms with van der Waals surface area (Å²) < 4.78 is 0. The van der Waals surface area contributed by atoms with E-state index >= 15 is 0 Å². The maximum absolute atomic E-state index is 10.3. The first-order chi connectivity index (χ1) is 10.4. The van der Waals surface area contributed by atoms with Crippen molar-refractivity contribution in [3.05, 3.63) is 0 Å². The fourth-order valence-electron chi connectivity index (χ4n) is 3.30. The highest BCUT2D eigenvalue weighted by atomic mass is 16.4. The summed E-state index contributed by atoms with van der Waals surface area (Å²) in [6.07, 6.45) is 7.84. The minimum atomic E-state index is -1.13. The van der Waals surface area contributed by atoms with Gasteiger partial charge in [-0.15, -0.1) is 0 Å². The summed E-state index contributed by atoms with van der Waals surface area (Å²) >= 11 is 0. The predicted octanol–water partition coefficient (Wildman–Crippen LogP) is 2.02. The Bertz CT molecular complexity index is 311. The maximum atomic E-state index is 10.3. The van der Waals surface area contributed by atoms with Crippen molar-refractivity contribution < 1.29 is 30.0 Å². The molecule has 0 heterocycles. The Morgan fingerprint density at radius 1 is 0.636 bits per heavy atom. The number of aliphatic hydroxyl groups is 2. The van der Waals surface area contributed by atoms with E-state index in [1.54, 1.807) is 0 Å². The van der Waals surface area contributed by atoms with E-state index in [1.807, 2.05) is 0 Å². The van der Waals surface area contributed by atoms with Crippen molar-refractivity contribution in [1.82, 2.24) is 0 Å². The Balaban J connectivity index is 0.000000220. The van der Waals surface area contributed by atoms with Crippen LogP contribution >= 0.6 is 0 Å². The first-order valence-corrected chi connectivity index (χ1v) is 8.25. The lowest BCUT2D eigenvalue weighted by molar-refractivity contribution is -0.151. The first kappa shape index (κ1) is 18.9. The zero-order valence-corrected chi connectivity index (χ0v) is 13.0. The Kier molecular flexibility index (Phi) is 8.42. The van der Waals surface area contributed by atoms with Crippen LogP contribution in [0.5, 0.6) is 0 Å². The second-order valence-corrected chi connectivity index (χ2v) is 6.36. The number of carboxylic acid groups (broad SMARTS) is 2. The third-order valence-corrected chi connectivity index (χ3v) is 4.70. The Morgan fingerprint density at radius 3 is 1.14 bits per heavy atom. The minimum Gasteiger partial charge on any atom is -0.479 e. The van der Waals surface area contributed by atoms with Gasteiger partial charge in [-0.3, -0.25) is 0 Å². The van der Waals surface area contributed by atoms with Crippen LogP contribution in [0, 0.1) is 11.8 Å². The van der Waals surface area contributed by atoms with Gasteiger partial charge in [0.1, 0.15) is 0 Å². The zero-order chi connectivity index (χ0) is 16.5. The average Bonchev–Trinajstić information content (AvgIpc) is 2.55. The number of aliphatic carboxylic acids is 2. The predicted molar refractivity (Wildman–Crippen MR) is 80.4 cm³/mol. The third-order valence-electron chi connectivity index (χ3n) is 4.70. The third kappa shape index (κ3) is 6.32. The number of aliphatic hydroxyl groups excluding tert-OH is 2. The van der Waals surface area contributed by atoms with Crippen LogP contribution in [0.2, 0.25) is 0 Å². The van der Waals surface area contributed by atoms with E-state index in [-0.39, 0.29) is 11.8 Å². The lowest BCUT2D eigenvalue weighted by Crippen LogP contribution is -2.30. The maximum Gasteiger partial charge on any atom is 0.332 e. The number of hydrogen-bond donors (Lipinski definition) is 4. The van der Waals surface area contributed by atoms with E-state index < -0.39 is 24.1 Å². The summed E-state index contributed by atoms with van der Waals surface area (Å²) in [7, 11) is 0. The molecule has 0 aromatic rings. The normalized spacial score (nSPS) is 23.0. The molecular formula is C16H28O6. The van der Waals surface area contributed by atoms with Crippen molar-refractivity contribution in [2.75, 3.05) is 0 Å². The van der Waals surface area contributed by atoms with Crippen LogP contribution in [0.3, 0.4) is 0 Å². The number of rotatable bonds is 4. The quantitative estimate of drug-likeness (QED) is 0.631. The van der Waals surface area contributed by atoms with E-state index in [0.29, 0.717) is 0 Å². The van der Waals surface area contributed by atoms with Crippen molar-refractivity contribution in [2.45, 2.75) is 76.4 Å². The van der Waals surface area contributed by atoms with Gasteiger partial charge >= 0.3 is 11.9 Å². The van der Waals surface area contributed by atoms with Crippen LogP contribution in [0.1, 0.15) is 64.2 Å². The molecule has 6 heteroatoms. The van der Waals surface area contributed by atoms with Crippen molar-refractivity contribution in [3.63, 3.8) is 0 Å². The molecule has 2 aliphatic carbocycles. The van der Waals surface area contributed by atoms with Gasteiger partial charge in [0.15, 0.2) is 12.2 Å². The zero-order valence-electron chi connectivity index (χ0n) is 13.0. The van der Waals surface area contributed by atoms with Crippen LogP contribution in [0.15, 0.2) is 0 Å². The molecular weight excluding hydrogens is 288 g/mol. The molecule has 22 heavy (non-hydrogen) atoms. The second-order valence-electron chi connectivity index (χ2n) is 6.36. The minimum absolute atomic E-state index is 0.00116. The molecule has 6 nitrogen and oxygen atoms in total. The van der Waals surface area contributed by atoms with Gasteiger partial charge in [-0.1, -0.05) is 38.5 Å². The van der Waals surface area contributed by atoms with Crippen LogP contribution in [-0.2, 0) is 9.59 Å². The van der Waals surface area contributed by atoms with Crippen LogP contribution in [0.25, 0.3) is 0 Å². The number of carbonyl (C=O) groups is 2. The highest BCUT2D eigenvalue weighted by molar-refractivity contribution is 5.72. The van der Waals surface area contributed by atoms with E-state index in [0.717, 1.165) is 51.4 Å². The SMILES string of the molecule is O=C(O)C(O)C1CCCCC1.O=C(O)C(O)C1CCCCC1. The van der Waals surface area contributed by atoms with Gasteiger partial charge < -0.3 is 20.4 Å². The Labute approximate surface area is 131 Å². The van der Waals surface area contributed by atoms with Gasteiger partial charge in [0.05, 0.1) is 0 Å². The second kappa shape index (κ2) is 9.79. The molecule has 2 unspecified atom stereocenters. The average molecular weight is 316 g/mol. The topological polar surface area (TPSA) is 115 Å². The van der Waals surface area contributed by atoms with Crippen LogP contribution < -0.4 is 0 Å². The molecule has 0 saturated heterocycles. The van der Waals surface area contributed by atoms with Gasteiger partial charge in [0, 0.05) is 0 Å². The summed E-state index contributed by atoms with van der Waals surface area (Å²) in [5, 5.41) is 35.3. The largest absolute Gasteiger partial charge is 0.479 e. The molecule has 4 N–H and O–H groups in total. The summed E-state index contributed by atoms with van der Waals surface area (Å²) in [4.78, 5) is 20.7. The molecule has 0 aliphatic heterocycles. The molecule has 2 aliphatic rings. The standard InChI is InChI=1S/2C8H14O3/c2*9-7(8(10)11)6-4-2-1-3-5-6/h2*6-7,9H,1-5H2,(H,10,11). The molecule has 0 aromatic carbocycles. The molecule has 0 bridgehead atoms. The molecule has 2 atom stereocenters. The highest BCUT2D eigenvalue weighted by Crippen LogP contribution is 2.27. The van der Waals surface area contributed by atoms with E-state index in [9.17, 15) is 9.59 Å². The van der Waals surface area contributed by atoms with Crippen molar-refractivity contribution in [3.8, 4) is 0 Å². The molecule has 2 fully saturated rings. The van der Waals surface area contributed by atoms with E-state index in [1.165, 1.54) is 12.8 Å². The van der Waals surface area contributed by atoms with Crippen LogP contribution in [-0.4, -0.2) is 44.6 Å². The van der Waals surface area contributed by atoms with Gasteiger partial charge in [-0.25, -0.2) is 9.59 Å². The van der Waals surface area contributed by atoms with E-state index in [2.05, 4.69) is 0 Å². The van der Waals surface area contributed by atoms with Gasteiger partial charge in [-0.2, -0.15) is 0 Å². The summed E-state index contributed by atoms with van der Waals surface area (Å²) in [6, 6.07) is 0. The van der Waals surface area contributed by atoms with Gasteiger partial charge in [0.2, 0.25) is 0 Å². The number of hydrogen-bond acceptors (Lipinski definition) is 4. The highest BCUT2D eigenvalue weighted by Gasteiger charge is 2.27. The molecule has 0 spiro atoms. The molecule has 0 radical (unpaired) electrons. The monoisotopic (exact) mass is 316 g/mol. The molecule has 2 rings (SSSR count). The lowest BCUT2D eigenvalue weighted by atomic mass is 9.85. The first-order valence-electron chi connectivity index (χ1n) is 8.25. The van der Waals surface area contributed by atoms with Crippen molar-refractivity contribution in [1.29, 1.82) is 0 Å². The number of carboxylic acids is 2. The molecule has 2 saturated carbocycles. The lowest BCUT2D eigenvalue weighted by Gasteiger charge is -2.23. The summed E-state index contributed by atoms with van der Waals surface area (Å²) in [6.45, 7) is 0. The van der Waals surface area contributed by atoms with Crippen molar-refractivity contribution in [2.24, 2.45) is 11.8 Å². The van der Waals surface area contributed by atoms with Crippen LogP contribution in [0.4, 0.5) is 0 Å². The Hall–Kier alpha value is -1.14. The summed E-state index contributed by atoms with van der Waals surface area (Å²) in [5.74, 6) is -2.14. The van der Waals surface area contributed by atoms with Crippen molar-refractivity contribution >= 4 is 11.9 Å².